The minimum Gasteiger partial charge on any atom is -0.315 e. The molecule has 18 heavy (non-hydrogen) atoms. The first-order valence-corrected chi connectivity index (χ1v) is 5.82. The molecule has 0 aliphatic heterocycles. The van der Waals surface area contributed by atoms with Crippen LogP contribution in [0, 0.1) is 6.92 Å². The lowest BCUT2D eigenvalue weighted by Crippen LogP contribution is -2.20. The number of nitrogens with zero attached hydrogens (tertiary/aromatic N) is 3. The number of hydrogen-bond donors (Lipinski definition) is 0. The third kappa shape index (κ3) is 1.99. The van der Waals surface area contributed by atoms with Crippen molar-refractivity contribution in [3.8, 4) is 11.3 Å². The average Bonchev–Trinajstić information content (AvgIpc) is 2.71. The van der Waals surface area contributed by atoms with Crippen LogP contribution in [0.1, 0.15) is 24.3 Å². The lowest BCUT2D eigenvalue weighted by molar-refractivity contribution is 0.0919. The van der Waals surface area contributed by atoms with Crippen LogP contribution in [-0.4, -0.2) is 20.3 Å². The number of carbonyl (C=O) groups is 1. The maximum atomic E-state index is 12.1. The van der Waals surface area contributed by atoms with Crippen LogP contribution in [0.5, 0.6) is 0 Å². The van der Waals surface area contributed by atoms with E-state index in [1.54, 1.807) is 29.8 Å². The van der Waals surface area contributed by atoms with Crippen molar-refractivity contribution < 1.29 is 4.79 Å². The largest absolute Gasteiger partial charge is 0.315 e. The van der Waals surface area contributed by atoms with E-state index >= 15 is 0 Å². The zero-order chi connectivity index (χ0) is 13.3. The summed E-state index contributed by atoms with van der Waals surface area (Å²) in [6.45, 7) is 5.75. The highest BCUT2D eigenvalue weighted by atomic mass is 16.2. The summed E-state index contributed by atoms with van der Waals surface area (Å²) in [5.41, 5.74) is 1.69. The lowest BCUT2D eigenvalue weighted by Gasteiger charge is -2.02. The summed E-state index contributed by atoms with van der Waals surface area (Å²) in [7, 11) is 0. The molecule has 0 aromatic carbocycles. The Labute approximate surface area is 105 Å². The fourth-order valence-corrected chi connectivity index (χ4v) is 1.91. The minimum absolute atomic E-state index is 0.0896. The molecule has 0 aliphatic rings. The number of hydrogen-bond acceptors (Lipinski definition) is 3. The van der Waals surface area contributed by atoms with Crippen molar-refractivity contribution in [1.29, 1.82) is 0 Å². The van der Waals surface area contributed by atoms with Crippen molar-refractivity contribution in [1.82, 2.24) is 14.3 Å². The van der Waals surface area contributed by atoms with Crippen molar-refractivity contribution in [2.45, 2.75) is 27.3 Å². The Hall–Kier alpha value is -2.17. The van der Waals surface area contributed by atoms with Gasteiger partial charge in [-0.05, 0) is 32.0 Å². The molecule has 0 spiro atoms. The van der Waals surface area contributed by atoms with E-state index in [-0.39, 0.29) is 11.5 Å². The second-order valence-corrected chi connectivity index (χ2v) is 4.11. The van der Waals surface area contributed by atoms with Gasteiger partial charge in [-0.15, -0.1) is 0 Å². The van der Waals surface area contributed by atoms with Crippen molar-refractivity contribution in [3.63, 3.8) is 0 Å². The molecule has 0 saturated heterocycles. The fraction of sp³-hybridized carbons (Fsp3) is 0.308. The Morgan fingerprint density at radius 1 is 1.44 bits per heavy atom. The van der Waals surface area contributed by atoms with E-state index in [4.69, 9.17) is 0 Å². The van der Waals surface area contributed by atoms with Gasteiger partial charge in [-0.2, -0.15) is 5.10 Å². The van der Waals surface area contributed by atoms with Gasteiger partial charge in [0.1, 0.15) is 0 Å². The molecule has 2 aromatic rings. The molecule has 0 aliphatic carbocycles. The molecule has 2 rings (SSSR count). The maximum Gasteiger partial charge on any atom is 0.260 e. The standard InChI is InChI=1S/C13H15N3O2/c1-4-15-7-5-6-11(13(15)18)12-8-9(2)16(14-12)10(3)17/h5-8H,4H2,1-3H3. The number of carbonyl (C=O) groups excluding carboxylic acids is 1. The Morgan fingerprint density at radius 3 is 2.72 bits per heavy atom. The lowest BCUT2D eigenvalue weighted by atomic mass is 10.2. The highest BCUT2D eigenvalue weighted by Gasteiger charge is 2.12. The van der Waals surface area contributed by atoms with E-state index in [0.29, 0.717) is 17.8 Å². The molecule has 0 atom stereocenters. The predicted molar refractivity (Wildman–Crippen MR) is 68.6 cm³/mol. The van der Waals surface area contributed by atoms with E-state index < -0.39 is 0 Å². The molecule has 0 fully saturated rings. The van der Waals surface area contributed by atoms with Gasteiger partial charge in [0.15, 0.2) is 0 Å². The van der Waals surface area contributed by atoms with Crippen molar-refractivity contribution in [3.05, 3.63) is 40.4 Å². The van der Waals surface area contributed by atoms with Crippen molar-refractivity contribution >= 4 is 5.91 Å². The van der Waals surface area contributed by atoms with E-state index in [2.05, 4.69) is 5.10 Å². The summed E-state index contributed by atoms with van der Waals surface area (Å²) >= 11 is 0. The molecule has 0 amide bonds. The molecule has 2 heterocycles. The zero-order valence-electron chi connectivity index (χ0n) is 10.7. The second kappa shape index (κ2) is 4.60. The fourth-order valence-electron chi connectivity index (χ4n) is 1.91. The van der Waals surface area contributed by atoms with Gasteiger partial charge in [0, 0.05) is 25.4 Å². The molecule has 0 N–H and O–H groups in total. The predicted octanol–water partition coefficient (Wildman–Crippen LogP) is 1.70. The van der Waals surface area contributed by atoms with Crippen LogP contribution in [-0.2, 0) is 6.54 Å². The monoisotopic (exact) mass is 245 g/mol. The van der Waals surface area contributed by atoms with E-state index in [9.17, 15) is 9.59 Å². The SMILES string of the molecule is CCn1cccc(-c2cc(C)n(C(C)=O)n2)c1=O. The van der Waals surface area contributed by atoms with Crippen molar-refractivity contribution in [2.75, 3.05) is 0 Å². The molecule has 2 aromatic heterocycles. The normalized spacial score (nSPS) is 10.6. The van der Waals surface area contributed by atoms with E-state index in [1.165, 1.54) is 11.6 Å². The van der Waals surface area contributed by atoms with Crippen LogP contribution < -0.4 is 5.56 Å². The van der Waals surface area contributed by atoms with Gasteiger partial charge in [0.05, 0.1) is 11.3 Å². The van der Waals surface area contributed by atoms with Gasteiger partial charge >= 0.3 is 0 Å². The number of aromatic nitrogens is 3. The van der Waals surface area contributed by atoms with E-state index in [1.807, 2.05) is 13.0 Å². The van der Waals surface area contributed by atoms with Crippen LogP contribution in [0.2, 0.25) is 0 Å². The van der Waals surface area contributed by atoms with Crippen LogP contribution in [0.15, 0.2) is 29.2 Å². The molecular formula is C13H15N3O2. The molecule has 0 saturated carbocycles. The third-order valence-electron chi connectivity index (χ3n) is 2.82. The smallest absolute Gasteiger partial charge is 0.260 e. The average molecular weight is 245 g/mol. The van der Waals surface area contributed by atoms with Crippen LogP contribution in [0.3, 0.4) is 0 Å². The zero-order valence-corrected chi connectivity index (χ0v) is 10.7. The molecule has 5 nitrogen and oxygen atoms in total. The van der Waals surface area contributed by atoms with Gasteiger partial charge in [-0.25, -0.2) is 4.68 Å². The maximum absolute atomic E-state index is 12.1. The highest BCUT2D eigenvalue weighted by molar-refractivity contribution is 5.77. The van der Waals surface area contributed by atoms with Gasteiger partial charge < -0.3 is 4.57 Å². The Bertz CT molecular complexity index is 652. The van der Waals surface area contributed by atoms with Gasteiger partial charge in [-0.1, -0.05) is 0 Å². The van der Waals surface area contributed by atoms with Gasteiger partial charge in [-0.3, -0.25) is 9.59 Å². The Balaban J connectivity index is 2.59. The minimum atomic E-state index is -0.162. The summed E-state index contributed by atoms with van der Waals surface area (Å²) < 4.78 is 2.91. The molecule has 0 radical (unpaired) electrons. The topological polar surface area (TPSA) is 56.9 Å². The summed E-state index contributed by atoms with van der Waals surface area (Å²) in [6, 6.07) is 5.28. The Morgan fingerprint density at radius 2 is 2.17 bits per heavy atom. The molecule has 94 valence electrons. The quantitative estimate of drug-likeness (QED) is 0.809. The van der Waals surface area contributed by atoms with Crippen LogP contribution in [0.4, 0.5) is 0 Å². The summed E-state index contributed by atoms with van der Waals surface area (Å²) in [4.78, 5) is 23.5. The van der Waals surface area contributed by atoms with Crippen LogP contribution >= 0.6 is 0 Å². The third-order valence-corrected chi connectivity index (χ3v) is 2.82. The van der Waals surface area contributed by atoms with Crippen molar-refractivity contribution in [2.24, 2.45) is 0 Å². The summed E-state index contributed by atoms with van der Waals surface area (Å²) in [5, 5.41) is 4.17. The first-order valence-electron chi connectivity index (χ1n) is 5.82. The first-order chi connectivity index (χ1) is 8.54. The first kappa shape index (κ1) is 12.3. The molecule has 0 unspecified atom stereocenters. The molecular weight excluding hydrogens is 230 g/mol. The van der Waals surface area contributed by atoms with Gasteiger partial charge in [0.25, 0.3) is 5.56 Å². The van der Waals surface area contributed by atoms with Crippen LogP contribution in [0.25, 0.3) is 11.3 Å². The highest BCUT2D eigenvalue weighted by Crippen LogP contribution is 2.14. The Kier molecular flexibility index (Phi) is 3.14. The summed E-state index contributed by atoms with van der Waals surface area (Å²) in [5.74, 6) is -0.162. The number of rotatable bonds is 2. The molecule has 0 bridgehead atoms. The molecule has 5 heteroatoms. The second-order valence-electron chi connectivity index (χ2n) is 4.11. The summed E-state index contributed by atoms with van der Waals surface area (Å²) in [6.07, 6.45) is 1.74. The van der Waals surface area contributed by atoms with E-state index in [0.717, 1.165) is 5.69 Å². The number of pyridine rings is 1. The number of aryl methyl sites for hydroxylation is 2. The van der Waals surface area contributed by atoms with Gasteiger partial charge in [0.2, 0.25) is 5.91 Å².